The van der Waals surface area contributed by atoms with E-state index in [1.165, 1.54) is 5.57 Å². The third kappa shape index (κ3) is 3.89. The van der Waals surface area contributed by atoms with E-state index in [0.717, 1.165) is 54.7 Å². The van der Waals surface area contributed by atoms with Crippen molar-refractivity contribution in [3.8, 4) is 16.9 Å². The Bertz CT molecular complexity index is 955. The number of para-hydroxylation sites is 1. The van der Waals surface area contributed by atoms with Crippen LogP contribution in [-0.2, 0) is 4.74 Å². The number of hydrogen-bond donors (Lipinski definition) is 1. The molecule has 3 atom stereocenters. The number of carboxylic acids is 1. The molecule has 1 N–H and O–H groups in total. The Labute approximate surface area is 178 Å². The fourth-order valence-electron chi connectivity index (χ4n) is 4.82. The van der Waals surface area contributed by atoms with Crippen molar-refractivity contribution in [2.24, 2.45) is 5.92 Å². The molecule has 4 nitrogen and oxygen atoms in total. The lowest BCUT2D eigenvalue weighted by Gasteiger charge is -2.49. The molecule has 0 bridgehead atoms. The van der Waals surface area contributed by atoms with Crippen LogP contribution in [0.25, 0.3) is 11.1 Å². The minimum atomic E-state index is -0.918. The van der Waals surface area contributed by atoms with Gasteiger partial charge in [0.15, 0.2) is 0 Å². The molecular weight excluding hydrogens is 376 g/mol. The summed E-state index contributed by atoms with van der Waals surface area (Å²) >= 11 is 0. The smallest absolute Gasteiger partial charge is 0.335 e. The second kappa shape index (κ2) is 8.27. The third-order valence-corrected chi connectivity index (χ3v) is 6.43. The zero-order valence-electron chi connectivity index (χ0n) is 18.0. The van der Waals surface area contributed by atoms with Gasteiger partial charge in [-0.15, -0.1) is 0 Å². The van der Waals surface area contributed by atoms with E-state index in [2.05, 4.69) is 32.9 Å². The Hall–Kier alpha value is -2.59. The van der Waals surface area contributed by atoms with Crippen molar-refractivity contribution in [3.63, 3.8) is 0 Å². The van der Waals surface area contributed by atoms with E-state index in [0.29, 0.717) is 5.92 Å². The minimum Gasteiger partial charge on any atom is -0.486 e. The molecule has 0 unspecified atom stereocenters. The Morgan fingerprint density at radius 2 is 1.97 bits per heavy atom. The first-order valence-corrected chi connectivity index (χ1v) is 10.8. The maximum Gasteiger partial charge on any atom is 0.335 e. The number of aromatic carboxylic acids is 1. The topological polar surface area (TPSA) is 55.8 Å². The minimum absolute atomic E-state index is 0.0393. The fraction of sp³-hybridized carbons (Fsp3) is 0.423. The summed E-state index contributed by atoms with van der Waals surface area (Å²) in [7, 11) is 0. The van der Waals surface area contributed by atoms with Crippen molar-refractivity contribution < 1.29 is 19.4 Å². The lowest BCUT2D eigenvalue weighted by Crippen LogP contribution is -2.49. The number of rotatable bonds is 5. The van der Waals surface area contributed by atoms with Crippen molar-refractivity contribution in [1.29, 1.82) is 0 Å². The molecule has 1 saturated heterocycles. The lowest BCUT2D eigenvalue weighted by atomic mass is 9.72. The molecule has 30 heavy (non-hydrogen) atoms. The average Bonchev–Trinajstić information content (AvgIpc) is 2.73. The summed E-state index contributed by atoms with van der Waals surface area (Å²) in [6.45, 7) is 7.27. The van der Waals surface area contributed by atoms with Crippen LogP contribution >= 0.6 is 0 Å². The molecule has 2 heterocycles. The summed E-state index contributed by atoms with van der Waals surface area (Å²) < 4.78 is 13.1. The summed E-state index contributed by atoms with van der Waals surface area (Å²) in [6, 6.07) is 13.2. The normalized spacial score (nSPS) is 24.9. The first-order valence-electron chi connectivity index (χ1n) is 10.8. The van der Waals surface area contributed by atoms with E-state index in [4.69, 9.17) is 9.47 Å². The second-order valence-corrected chi connectivity index (χ2v) is 8.88. The van der Waals surface area contributed by atoms with Gasteiger partial charge in [-0.2, -0.15) is 0 Å². The third-order valence-electron chi connectivity index (χ3n) is 6.43. The number of allylic oxidation sites excluding steroid dienone is 2. The summed E-state index contributed by atoms with van der Waals surface area (Å²) in [5.41, 5.74) is 4.36. The Morgan fingerprint density at radius 3 is 2.67 bits per heavy atom. The van der Waals surface area contributed by atoms with Crippen LogP contribution in [0, 0.1) is 5.92 Å². The molecule has 0 aromatic heterocycles. The van der Waals surface area contributed by atoms with Gasteiger partial charge < -0.3 is 14.6 Å². The quantitative estimate of drug-likeness (QED) is 0.582. The maximum atomic E-state index is 11.2. The standard InChI is InChI=1S/C26H30O4/c1-17(2)7-5-15-26(3)22-10-6-16-29-24(22)21-9-4-8-20(23(21)30-26)18-11-13-19(14-12-18)25(27)28/h4,7-9,11-14,22,24H,5-6,10,15-16H2,1-3H3,(H,27,28)/t22-,24+,26+/m1/s1. The summed E-state index contributed by atoms with van der Waals surface area (Å²) in [4.78, 5) is 11.2. The predicted molar refractivity (Wildman–Crippen MR) is 118 cm³/mol. The molecule has 1 fully saturated rings. The number of carboxylic acid groups (broad SMARTS) is 1. The van der Waals surface area contributed by atoms with Gasteiger partial charge in [0.2, 0.25) is 0 Å². The second-order valence-electron chi connectivity index (χ2n) is 8.88. The summed E-state index contributed by atoms with van der Waals surface area (Å²) in [5, 5.41) is 9.21. The van der Waals surface area contributed by atoms with E-state index >= 15 is 0 Å². The highest BCUT2D eigenvalue weighted by molar-refractivity contribution is 5.88. The number of hydrogen-bond acceptors (Lipinski definition) is 3. The number of ether oxygens (including phenoxy) is 2. The van der Waals surface area contributed by atoms with Gasteiger partial charge in [-0.25, -0.2) is 4.79 Å². The van der Waals surface area contributed by atoms with Crippen LogP contribution in [0.2, 0.25) is 0 Å². The van der Waals surface area contributed by atoms with Crippen LogP contribution in [0.3, 0.4) is 0 Å². The largest absolute Gasteiger partial charge is 0.486 e. The fourth-order valence-corrected chi connectivity index (χ4v) is 4.82. The molecule has 2 aromatic rings. The van der Waals surface area contributed by atoms with E-state index < -0.39 is 5.97 Å². The van der Waals surface area contributed by atoms with Crippen molar-refractivity contribution in [2.75, 3.05) is 6.61 Å². The van der Waals surface area contributed by atoms with Crippen molar-refractivity contribution in [1.82, 2.24) is 0 Å². The van der Waals surface area contributed by atoms with E-state index in [9.17, 15) is 9.90 Å². The van der Waals surface area contributed by atoms with E-state index in [1.54, 1.807) is 12.1 Å². The summed E-state index contributed by atoms with van der Waals surface area (Å²) in [5.74, 6) is 0.288. The average molecular weight is 407 g/mol. The first-order chi connectivity index (χ1) is 14.4. The zero-order valence-corrected chi connectivity index (χ0v) is 18.0. The first kappa shape index (κ1) is 20.7. The molecule has 0 radical (unpaired) electrons. The van der Waals surface area contributed by atoms with Gasteiger partial charge >= 0.3 is 5.97 Å². The molecule has 2 aliphatic rings. The molecule has 4 heteroatoms. The van der Waals surface area contributed by atoms with Crippen molar-refractivity contribution in [2.45, 2.75) is 58.2 Å². The molecule has 2 aromatic carbocycles. The molecule has 2 aliphatic heterocycles. The van der Waals surface area contributed by atoms with Crippen LogP contribution in [0.5, 0.6) is 5.75 Å². The van der Waals surface area contributed by atoms with E-state index in [1.807, 2.05) is 24.3 Å². The molecule has 0 saturated carbocycles. The Balaban J connectivity index is 1.75. The zero-order chi connectivity index (χ0) is 21.3. The summed E-state index contributed by atoms with van der Waals surface area (Å²) in [6.07, 6.45) is 6.40. The SMILES string of the molecule is CC(C)=CCC[C@]1(C)Oc2c(-c3ccc(C(=O)O)cc3)cccc2[C@@H]2OCCC[C@H]21. The highest BCUT2D eigenvalue weighted by Gasteiger charge is 2.48. The molecule has 0 amide bonds. The number of benzene rings is 2. The molecule has 158 valence electrons. The highest BCUT2D eigenvalue weighted by atomic mass is 16.5. The van der Waals surface area contributed by atoms with Gasteiger partial charge in [0.1, 0.15) is 11.4 Å². The van der Waals surface area contributed by atoms with Crippen LogP contribution in [-0.4, -0.2) is 23.3 Å². The predicted octanol–water partition coefficient (Wildman–Crippen LogP) is 6.42. The van der Waals surface area contributed by atoms with E-state index in [-0.39, 0.29) is 17.3 Å². The van der Waals surface area contributed by atoms with Gasteiger partial charge in [-0.3, -0.25) is 0 Å². The lowest BCUT2D eigenvalue weighted by molar-refractivity contribution is -0.126. The van der Waals surface area contributed by atoms with Crippen molar-refractivity contribution >= 4 is 5.97 Å². The van der Waals surface area contributed by atoms with Crippen molar-refractivity contribution in [3.05, 3.63) is 65.2 Å². The maximum absolute atomic E-state index is 11.2. The Morgan fingerprint density at radius 1 is 1.20 bits per heavy atom. The van der Waals surface area contributed by atoms with Gasteiger partial charge in [0.25, 0.3) is 0 Å². The van der Waals surface area contributed by atoms with Gasteiger partial charge in [0.05, 0.1) is 11.7 Å². The van der Waals surface area contributed by atoms with Crippen LogP contribution in [0.4, 0.5) is 0 Å². The highest BCUT2D eigenvalue weighted by Crippen LogP contribution is 2.53. The van der Waals surface area contributed by atoms with Crippen LogP contribution in [0.1, 0.15) is 68.5 Å². The molecular formula is C26H30O4. The van der Waals surface area contributed by atoms with Crippen LogP contribution in [0.15, 0.2) is 54.1 Å². The number of fused-ring (bicyclic) bond motifs is 3. The molecule has 0 spiro atoms. The van der Waals surface area contributed by atoms with Gasteiger partial charge in [0, 0.05) is 23.7 Å². The Kier molecular flexibility index (Phi) is 5.70. The molecule has 4 rings (SSSR count). The van der Waals surface area contributed by atoms with Gasteiger partial charge in [-0.1, -0.05) is 42.0 Å². The molecule has 0 aliphatic carbocycles. The van der Waals surface area contributed by atoms with Gasteiger partial charge in [-0.05, 0) is 64.2 Å². The monoisotopic (exact) mass is 406 g/mol. The van der Waals surface area contributed by atoms with Crippen LogP contribution < -0.4 is 4.74 Å². The number of carbonyl (C=O) groups is 1.